The van der Waals surface area contributed by atoms with E-state index in [-0.39, 0.29) is 21.4 Å². The standard InChI is InChI=1S/C14H10Cl2N2O4/c15-10-5-8(12(20)11(16)13(10)21)6-17-18-14(22)7-1-3-9(19)4-2-7/h1-6,19-21H,(H,18,22)/b17-6-. The SMILES string of the molecule is O=C(N/N=C\c1cc(Cl)c(O)c(Cl)c1O)c1ccc(O)cc1. The average Bonchev–Trinajstić information content (AvgIpc) is 2.50. The third kappa shape index (κ3) is 3.41. The molecule has 2 aromatic carbocycles. The third-order valence-electron chi connectivity index (χ3n) is 2.70. The highest BCUT2D eigenvalue weighted by Crippen LogP contribution is 2.40. The molecule has 8 heteroatoms. The van der Waals surface area contributed by atoms with Gasteiger partial charge in [0.15, 0.2) is 5.75 Å². The van der Waals surface area contributed by atoms with Crippen LogP contribution in [0.5, 0.6) is 17.2 Å². The van der Waals surface area contributed by atoms with E-state index >= 15 is 0 Å². The first-order chi connectivity index (χ1) is 10.4. The average molecular weight is 341 g/mol. The second-order valence-electron chi connectivity index (χ2n) is 4.20. The molecule has 0 saturated heterocycles. The van der Waals surface area contributed by atoms with E-state index in [2.05, 4.69) is 10.5 Å². The number of benzene rings is 2. The number of nitrogens with one attached hydrogen (secondary N) is 1. The van der Waals surface area contributed by atoms with Gasteiger partial charge in [-0.2, -0.15) is 5.10 Å². The lowest BCUT2D eigenvalue weighted by atomic mass is 10.2. The number of hydrogen-bond acceptors (Lipinski definition) is 5. The first kappa shape index (κ1) is 15.9. The number of hydrogen-bond donors (Lipinski definition) is 4. The Morgan fingerprint density at radius 2 is 1.73 bits per heavy atom. The number of nitrogens with zero attached hydrogens (tertiary/aromatic N) is 1. The van der Waals surface area contributed by atoms with Crippen molar-refractivity contribution in [2.75, 3.05) is 0 Å². The van der Waals surface area contributed by atoms with Gasteiger partial charge in [-0.25, -0.2) is 5.43 Å². The summed E-state index contributed by atoms with van der Waals surface area (Å²) in [6.45, 7) is 0. The first-order valence-electron chi connectivity index (χ1n) is 5.92. The molecule has 22 heavy (non-hydrogen) atoms. The second kappa shape index (κ2) is 6.55. The lowest BCUT2D eigenvalue weighted by Gasteiger charge is -2.05. The third-order valence-corrected chi connectivity index (χ3v) is 3.34. The van der Waals surface area contributed by atoms with Crippen LogP contribution in [0.15, 0.2) is 35.4 Å². The zero-order valence-corrected chi connectivity index (χ0v) is 12.4. The van der Waals surface area contributed by atoms with E-state index in [0.29, 0.717) is 5.56 Å². The molecule has 6 nitrogen and oxygen atoms in total. The number of aromatic hydroxyl groups is 3. The zero-order valence-electron chi connectivity index (χ0n) is 10.9. The molecular formula is C14H10Cl2N2O4. The van der Waals surface area contributed by atoms with Crippen LogP contribution in [0.1, 0.15) is 15.9 Å². The minimum atomic E-state index is -0.508. The Labute approximate surface area is 135 Å². The molecule has 0 aliphatic heterocycles. The lowest BCUT2D eigenvalue weighted by molar-refractivity contribution is 0.0955. The van der Waals surface area contributed by atoms with Gasteiger partial charge in [0.2, 0.25) is 0 Å². The summed E-state index contributed by atoms with van der Waals surface area (Å²) in [4.78, 5) is 11.8. The van der Waals surface area contributed by atoms with E-state index < -0.39 is 17.4 Å². The predicted octanol–water partition coefficient (Wildman–Crippen LogP) is 2.87. The highest BCUT2D eigenvalue weighted by Gasteiger charge is 2.13. The molecule has 0 spiro atoms. The molecule has 0 saturated carbocycles. The Bertz CT molecular complexity index is 745. The van der Waals surface area contributed by atoms with Crippen LogP contribution in [0.2, 0.25) is 10.0 Å². The number of phenolic OH excluding ortho intramolecular Hbond substituents is 3. The van der Waals surface area contributed by atoms with E-state index in [1.54, 1.807) is 0 Å². The number of rotatable bonds is 3. The van der Waals surface area contributed by atoms with Gasteiger partial charge in [0.25, 0.3) is 5.91 Å². The molecule has 0 aliphatic rings. The summed E-state index contributed by atoms with van der Waals surface area (Å²) in [5, 5.41) is 31.6. The normalized spacial score (nSPS) is 10.8. The molecule has 2 aromatic rings. The van der Waals surface area contributed by atoms with Crippen LogP contribution < -0.4 is 5.43 Å². The van der Waals surface area contributed by atoms with Crippen molar-refractivity contribution in [2.45, 2.75) is 0 Å². The van der Waals surface area contributed by atoms with Gasteiger partial charge >= 0.3 is 0 Å². The van der Waals surface area contributed by atoms with Crippen LogP contribution in [0.25, 0.3) is 0 Å². The summed E-state index contributed by atoms with van der Waals surface area (Å²) in [6, 6.07) is 6.82. The molecular weight excluding hydrogens is 331 g/mol. The van der Waals surface area contributed by atoms with Crippen molar-refractivity contribution in [3.05, 3.63) is 51.5 Å². The van der Waals surface area contributed by atoms with E-state index in [1.807, 2.05) is 0 Å². The Morgan fingerprint density at radius 3 is 2.36 bits per heavy atom. The van der Waals surface area contributed by atoms with E-state index in [4.69, 9.17) is 28.3 Å². The fourth-order valence-corrected chi connectivity index (χ4v) is 2.02. The molecule has 0 unspecified atom stereocenters. The smallest absolute Gasteiger partial charge is 0.271 e. The maximum Gasteiger partial charge on any atom is 0.271 e. The second-order valence-corrected chi connectivity index (χ2v) is 4.99. The Balaban J connectivity index is 2.13. The molecule has 0 bridgehead atoms. The van der Waals surface area contributed by atoms with E-state index in [9.17, 15) is 15.0 Å². The number of halogens is 2. The molecule has 4 N–H and O–H groups in total. The maximum absolute atomic E-state index is 11.8. The van der Waals surface area contributed by atoms with Crippen molar-refractivity contribution < 1.29 is 20.1 Å². The Hall–Kier alpha value is -2.44. The van der Waals surface area contributed by atoms with Crippen molar-refractivity contribution in [1.29, 1.82) is 0 Å². The van der Waals surface area contributed by atoms with Gasteiger partial charge in [-0.15, -0.1) is 0 Å². The number of carbonyl (C=O) groups excluding carboxylic acids is 1. The fraction of sp³-hybridized carbons (Fsp3) is 0. The van der Waals surface area contributed by atoms with Gasteiger partial charge in [-0.3, -0.25) is 4.79 Å². The van der Waals surface area contributed by atoms with Crippen molar-refractivity contribution in [2.24, 2.45) is 5.10 Å². The summed E-state index contributed by atoms with van der Waals surface area (Å²) in [7, 11) is 0. The monoisotopic (exact) mass is 340 g/mol. The highest BCUT2D eigenvalue weighted by molar-refractivity contribution is 6.38. The Morgan fingerprint density at radius 1 is 1.09 bits per heavy atom. The molecule has 0 fully saturated rings. The van der Waals surface area contributed by atoms with Gasteiger partial charge in [-0.1, -0.05) is 23.2 Å². The Kier molecular flexibility index (Phi) is 4.75. The van der Waals surface area contributed by atoms with Crippen LogP contribution in [-0.4, -0.2) is 27.4 Å². The highest BCUT2D eigenvalue weighted by atomic mass is 35.5. The number of amides is 1. The lowest BCUT2D eigenvalue weighted by Crippen LogP contribution is -2.17. The molecule has 0 heterocycles. The molecule has 1 amide bonds. The summed E-state index contributed by atoms with van der Waals surface area (Å²) >= 11 is 11.4. The van der Waals surface area contributed by atoms with Crippen LogP contribution in [0.3, 0.4) is 0 Å². The van der Waals surface area contributed by atoms with Crippen LogP contribution in [0, 0.1) is 0 Å². The minimum absolute atomic E-state index is 0.0401. The van der Waals surface area contributed by atoms with E-state index in [1.165, 1.54) is 30.3 Å². The van der Waals surface area contributed by atoms with Crippen molar-refractivity contribution in [1.82, 2.24) is 5.43 Å². The van der Waals surface area contributed by atoms with Gasteiger partial charge in [-0.05, 0) is 30.3 Å². The van der Waals surface area contributed by atoms with Crippen molar-refractivity contribution in [3.8, 4) is 17.2 Å². The van der Waals surface area contributed by atoms with Crippen LogP contribution in [-0.2, 0) is 0 Å². The summed E-state index contributed by atoms with van der Waals surface area (Å²) < 4.78 is 0. The molecule has 0 radical (unpaired) electrons. The molecule has 0 aliphatic carbocycles. The molecule has 2 rings (SSSR count). The van der Waals surface area contributed by atoms with Gasteiger partial charge < -0.3 is 15.3 Å². The van der Waals surface area contributed by atoms with E-state index in [0.717, 1.165) is 6.21 Å². The summed E-state index contributed by atoms with van der Waals surface area (Å²) in [5.41, 5.74) is 2.65. The topological polar surface area (TPSA) is 102 Å². The predicted molar refractivity (Wildman–Crippen MR) is 83.0 cm³/mol. The van der Waals surface area contributed by atoms with Crippen LogP contribution in [0.4, 0.5) is 0 Å². The summed E-state index contributed by atoms with van der Waals surface area (Å²) in [5.74, 6) is -1.32. The molecule has 0 atom stereocenters. The fourth-order valence-electron chi connectivity index (χ4n) is 1.55. The molecule has 0 aromatic heterocycles. The van der Waals surface area contributed by atoms with Gasteiger partial charge in [0, 0.05) is 11.1 Å². The summed E-state index contributed by atoms with van der Waals surface area (Å²) in [6.07, 6.45) is 1.13. The van der Waals surface area contributed by atoms with Gasteiger partial charge in [0.05, 0.1) is 11.2 Å². The largest absolute Gasteiger partial charge is 0.508 e. The number of carbonyl (C=O) groups is 1. The van der Waals surface area contributed by atoms with Gasteiger partial charge in [0.1, 0.15) is 16.5 Å². The number of phenols is 3. The maximum atomic E-state index is 11.8. The number of hydrazone groups is 1. The van der Waals surface area contributed by atoms with Crippen molar-refractivity contribution >= 4 is 35.3 Å². The first-order valence-corrected chi connectivity index (χ1v) is 6.68. The van der Waals surface area contributed by atoms with Crippen molar-refractivity contribution in [3.63, 3.8) is 0 Å². The zero-order chi connectivity index (χ0) is 16.3. The molecule has 114 valence electrons. The quantitative estimate of drug-likeness (QED) is 0.509. The van der Waals surface area contributed by atoms with Crippen LogP contribution >= 0.6 is 23.2 Å². The minimum Gasteiger partial charge on any atom is -0.508 e.